The summed E-state index contributed by atoms with van der Waals surface area (Å²) in [4.78, 5) is 21.0. The molecule has 4 aromatic rings. The number of hydrogen-bond acceptors (Lipinski definition) is 6. The number of H-pyrrole nitrogens is 1. The largest absolute Gasteiger partial charge is 0.379 e. The number of sulfonamides is 1. The van der Waals surface area contributed by atoms with Gasteiger partial charge in [0.15, 0.2) is 0 Å². The van der Waals surface area contributed by atoms with Crippen molar-refractivity contribution in [1.29, 1.82) is 0 Å². The highest BCUT2D eigenvalue weighted by Crippen LogP contribution is 2.37. The summed E-state index contributed by atoms with van der Waals surface area (Å²) in [5, 5.41) is 1.46. The third-order valence-electron chi connectivity index (χ3n) is 5.46. The second kappa shape index (κ2) is 9.11. The van der Waals surface area contributed by atoms with Crippen LogP contribution < -0.4 is 5.56 Å². The monoisotopic (exact) mass is 479 g/mol. The summed E-state index contributed by atoms with van der Waals surface area (Å²) in [6.45, 7) is 1.42. The summed E-state index contributed by atoms with van der Waals surface area (Å²) in [6, 6.07) is 20.6. The van der Waals surface area contributed by atoms with Gasteiger partial charge in [0.1, 0.15) is 9.92 Å². The SMILES string of the molecule is O=c1[nH]c2ccccc2c(-c2ccccc2)c1Sc1ccc(S(=O)(=O)N2CCOCC2)cn1. The fraction of sp³-hybridized carbons (Fsp3) is 0.167. The molecule has 3 heterocycles. The number of nitrogens with zero attached hydrogens (tertiary/aromatic N) is 2. The van der Waals surface area contributed by atoms with Gasteiger partial charge in [-0.25, -0.2) is 13.4 Å². The lowest BCUT2D eigenvalue weighted by Gasteiger charge is -2.25. The number of benzene rings is 2. The fourth-order valence-electron chi connectivity index (χ4n) is 3.83. The molecule has 33 heavy (non-hydrogen) atoms. The molecule has 0 unspecified atom stereocenters. The molecule has 1 saturated heterocycles. The minimum Gasteiger partial charge on any atom is -0.379 e. The smallest absolute Gasteiger partial charge is 0.263 e. The van der Waals surface area contributed by atoms with Gasteiger partial charge in [0.2, 0.25) is 10.0 Å². The molecule has 1 fully saturated rings. The highest BCUT2D eigenvalue weighted by atomic mass is 32.2. The van der Waals surface area contributed by atoms with E-state index in [0.717, 1.165) is 22.0 Å². The molecule has 0 aliphatic carbocycles. The first-order valence-electron chi connectivity index (χ1n) is 10.5. The van der Waals surface area contributed by atoms with Gasteiger partial charge in [0.25, 0.3) is 5.56 Å². The van der Waals surface area contributed by atoms with Gasteiger partial charge in [-0.15, -0.1) is 0 Å². The summed E-state index contributed by atoms with van der Waals surface area (Å²) in [5.74, 6) is 0. The average Bonchev–Trinajstić information content (AvgIpc) is 2.86. The highest BCUT2D eigenvalue weighted by Gasteiger charge is 2.26. The van der Waals surface area contributed by atoms with Crippen molar-refractivity contribution in [2.75, 3.05) is 26.3 Å². The molecule has 0 bridgehead atoms. The van der Waals surface area contributed by atoms with Crippen molar-refractivity contribution in [3.05, 3.63) is 83.3 Å². The van der Waals surface area contributed by atoms with E-state index in [0.29, 0.717) is 36.2 Å². The minimum absolute atomic E-state index is 0.129. The molecule has 0 atom stereocenters. The van der Waals surface area contributed by atoms with Gasteiger partial charge in [-0.2, -0.15) is 4.31 Å². The number of nitrogens with one attached hydrogen (secondary N) is 1. The van der Waals surface area contributed by atoms with Crippen molar-refractivity contribution in [1.82, 2.24) is 14.3 Å². The molecular formula is C24H21N3O4S2. The van der Waals surface area contributed by atoms with Crippen LogP contribution in [0.2, 0.25) is 0 Å². The molecule has 7 nitrogen and oxygen atoms in total. The van der Waals surface area contributed by atoms with Crippen LogP contribution in [0.4, 0.5) is 0 Å². The standard InChI is InChI=1S/C24H21N3O4S2/c28-24-23(22(17-6-2-1-3-7-17)19-8-4-5-9-20(19)26-24)32-21-11-10-18(16-25-21)33(29,30)27-12-14-31-15-13-27/h1-11,16H,12-15H2,(H,26,28). The van der Waals surface area contributed by atoms with E-state index in [1.807, 2.05) is 54.6 Å². The molecule has 0 amide bonds. The quantitative estimate of drug-likeness (QED) is 0.469. The number of morpholine rings is 1. The summed E-state index contributed by atoms with van der Waals surface area (Å²) in [5.41, 5.74) is 2.29. The first-order chi connectivity index (χ1) is 16.0. The van der Waals surface area contributed by atoms with Gasteiger partial charge in [-0.3, -0.25) is 4.79 Å². The van der Waals surface area contributed by atoms with Crippen LogP contribution >= 0.6 is 11.8 Å². The predicted octanol–water partition coefficient (Wildman–Crippen LogP) is 3.76. The number of fused-ring (bicyclic) bond motifs is 1. The van der Waals surface area contributed by atoms with Gasteiger partial charge in [-0.1, -0.05) is 60.3 Å². The van der Waals surface area contributed by atoms with Gasteiger partial charge in [0.05, 0.1) is 18.1 Å². The van der Waals surface area contributed by atoms with Crippen LogP contribution in [-0.4, -0.2) is 49.0 Å². The van der Waals surface area contributed by atoms with Crippen molar-refractivity contribution in [2.45, 2.75) is 14.8 Å². The zero-order chi connectivity index (χ0) is 22.8. The molecule has 0 radical (unpaired) electrons. The van der Waals surface area contributed by atoms with E-state index in [-0.39, 0.29) is 10.5 Å². The summed E-state index contributed by atoms with van der Waals surface area (Å²) in [6.07, 6.45) is 1.35. The highest BCUT2D eigenvalue weighted by molar-refractivity contribution is 7.99. The summed E-state index contributed by atoms with van der Waals surface area (Å²) in [7, 11) is -3.63. The van der Waals surface area contributed by atoms with Crippen LogP contribution in [0.5, 0.6) is 0 Å². The lowest BCUT2D eigenvalue weighted by molar-refractivity contribution is 0.0730. The molecule has 1 aliphatic heterocycles. The summed E-state index contributed by atoms with van der Waals surface area (Å²) < 4.78 is 32.4. The molecule has 1 aliphatic rings. The van der Waals surface area contributed by atoms with Crippen molar-refractivity contribution in [3.63, 3.8) is 0 Å². The van der Waals surface area contributed by atoms with Gasteiger partial charge >= 0.3 is 0 Å². The summed E-state index contributed by atoms with van der Waals surface area (Å²) >= 11 is 1.22. The van der Waals surface area contributed by atoms with Crippen molar-refractivity contribution in [2.24, 2.45) is 0 Å². The predicted molar refractivity (Wildman–Crippen MR) is 128 cm³/mol. The molecule has 168 valence electrons. The van der Waals surface area contributed by atoms with E-state index in [9.17, 15) is 13.2 Å². The second-order valence-corrected chi connectivity index (χ2v) is 10.5. The Morgan fingerprint density at radius 2 is 1.67 bits per heavy atom. The number of rotatable bonds is 5. The van der Waals surface area contributed by atoms with Crippen LogP contribution in [-0.2, 0) is 14.8 Å². The fourth-order valence-corrected chi connectivity index (χ4v) is 6.11. The van der Waals surface area contributed by atoms with E-state index < -0.39 is 10.0 Å². The van der Waals surface area contributed by atoms with Crippen LogP contribution in [0, 0.1) is 0 Å². The second-order valence-electron chi connectivity index (χ2n) is 7.52. The molecule has 0 saturated carbocycles. The van der Waals surface area contributed by atoms with Crippen molar-refractivity contribution < 1.29 is 13.2 Å². The van der Waals surface area contributed by atoms with E-state index in [2.05, 4.69) is 9.97 Å². The van der Waals surface area contributed by atoms with Gasteiger partial charge in [0, 0.05) is 35.8 Å². The van der Waals surface area contributed by atoms with E-state index in [1.165, 1.54) is 28.3 Å². The third-order valence-corrected chi connectivity index (χ3v) is 8.39. The Hall–Kier alpha value is -2.98. The van der Waals surface area contributed by atoms with E-state index in [4.69, 9.17) is 4.74 Å². The first kappa shape index (κ1) is 21.8. The normalized spacial score (nSPS) is 15.0. The van der Waals surface area contributed by atoms with Gasteiger partial charge < -0.3 is 9.72 Å². The molecule has 5 rings (SSSR count). The van der Waals surface area contributed by atoms with Crippen molar-refractivity contribution in [3.8, 4) is 11.1 Å². The average molecular weight is 480 g/mol. The number of aromatic nitrogens is 2. The Labute approximate surface area is 195 Å². The maximum absolute atomic E-state index is 13.0. The van der Waals surface area contributed by atoms with Gasteiger partial charge in [-0.05, 0) is 23.8 Å². The lowest BCUT2D eigenvalue weighted by Crippen LogP contribution is -2.40. The van der Waals surface area contributed by atoms with Crippen LogP contribution in [0.1, 0.15) is 0 Å². The number of para-hydroxylation sites is 1. The Balaban J connectivity index is 1.53. The Kier molecular flexibility index (Phi) is 6.03. The van der Waals surface area contributed by atoms with Crippen LogP contribution in [0.25, 0.3) is 22.0 Å². The maximum atomic E-state index is 13.0. The molecule has 9 heteroatoms. The zero-order valence-corrected chi connectivity index (χ0v) is 19.2. The Morgan fingerprint density at radius 3 is 2.39 bits per heavy atom. The topological polar surface area (TPSA) is 92.4 Å². The van der Waals surface area contributed by atoms with E-state index in [1.54, 1.807) is 6.07 Å². The van der Waals surface area contributed by atoms with Crippen molar-refractivity contribution >= 4 is 32.7 Å². The lowest BCUT2D eigenvalue weighted by atomic mass is 10.0. The Morgan fingerprint density at radius 1 is 0.939 bits per heavy atom. The molecule has 0 spiro atoms. The minimum atomic E-state index is -3.63. The molecule has 1 N–H and O–H groups in total. The number of pyridine rings is 2. The van der Waals surface area contributed by atoms with E-state index >= 15 is 0 Å². The molecule has 2 aromatic heterocycles. The van der Waals surface area contributed by atoms with Crippen LogP contribution in [0.15, 0.2) is 92.5 Å². The maximum Gasteiger partial charge on any atom is 0.263 e. The number of ether oxygens (including phenoxy) is 1. The number of aromatic amines is 1. The zero-order valence-electron chi connectivity index (χ0n) is 17.6. The van der Waals surface area contributed by atoms with Crippen LogP contribution in [0.3, 0.4) is 0 Å². The molecule has 2 aromatic carbocycles. The third kappa shape index (κ3) is 4.32. The Bertz CT molecular complexity index is 1450. The number of hydrogen-bond donors (Lipinski definition) is 1. The first-order valence-corrected chi connectivity index (χ1v) is 12.7. The molecular weight excluding hydrogens is 458 g/mol.